The fourth-order valence-electron chi connectivity index (χ4n) is 2.00. The van der Waals surface area contributed by atoms with Crippen molar-refractivity contribution in [2.45, 2.75) is 25.9 Å². The Labute approximate surface area is 132 Å². The zero-order chi connectivity index (χ0) is 16.2. The number of nitrogens with one attached hydrogen (secondary N) is 1. The Balaban J connectivity index is 2.39. The average Bonchev–Trinajstić information content (AvgIpc) is 2.53. The molecule has 0 amide bonds. The average molecular weight is 319 g/mol. The van der Waals surface area contributed by atoms with Gasteiger partial charge in [-0.3, -0.25) is 4.98 Å². The number of benzene rings is 1. The highest BCUT2D eigenvalue weighted by atomic mass is 32.2. The van der Waals surface area contributed by atoms with E-state index in [4.69, 9.17) is 0 Å². The summed E-state index contributed by atoms with van der Waals surface area (Å²) in [5, 5.41) is 0. The summed E-state index contributed by atoms with van der Waals surface area (Å²) in [4.78, 5) is 4.30. The van der Waals surface area contributed by atoms with Gasteiger partial charge in [0.15, 0.2) is 0 Å². The monoisotopic (exact) mass is 319 g/mol. The third kappa shape index (κ3) is 3.91. The highest BCUT2D eigenvalue weighted by molar-refractivity contribution is 7.87. The Morgan fingerprint density at radius 3 is 2.23 bits per heavy atom. The lowest BCUT2D eigenvalue weighted by molar-refractivity contribution is 0.399. The minimum atomic E-state index is -3.61. The summed E-state index contributed by atoms with van der Waals surface area (Å²) in [7, 11) is -2.05. The van der Waals surface area contributed by atoms with Gasteiger partial charge < -0.3 is 0 Å². The SMILES string of the molecule is CC(C)N(C)S(=O)(=O)NC(c1ccccc1)c1ccccn1. The number of hydrogen-bond donors (Lipinski definition) is 1. The van der Waals surface area contributed by atoms with E-state index in [9.17, 15) is 8.42 Å². The van der Waals surface area contributed by atoms with Gasteiger partial charge in [-0.2, -0.15) is 17.4 Å². The van der Waals surface area contributed by atoms with E-state index in [1.807, 2.05) is 56.3 Å². The molecular weight excluding hydrogens is 298 g/mol. The molecule has 5 nitrogen and oxygen atoms in total. The van der Waals surface area contributed by atoms with Gasteiger partial charge in [-0.05, 0) is 31.5 Å². The fourth-order valence-corrected chi connectivity index (χ4v) is 3.28. The normalized spacial score (nSPS) is 13.5. The molecule has 22 heavy (non-hydrogen) atoms. The van der Waals surface area contributed by atoms with Crippen LogP contribution in [-0.2, 0) is 10.2 Å². The minimum Gasteiger partial charge on any atom is -0.259 e. The first-order valence-electron chi connectivity index (χ1n) is 7.13. The van der Waals surface area contributed by atoms with Crippen molar-refractivity contribution >= 4 is 10.2 Å². The summed E-state index contributed by atoms with van der Waals surface area (Å²) in [6, 6.07) is 14.3. The molecule has 1 unspecified atom stereocenters. The van der Waals surface area contributed by atoms with Crippen molar-refractivity contribution in [3.05, 3.63) is 66.0 Å². The van der Waals surface area contributed by atoms with Crippen LogP contribution in [0.5, 0.6) is 0 Å². The van der Waals surface area contributed by atoms with Crippen LogP contribution in [0.4, 0.5) is 0 Å². The topological polar surface area (TPSA) is 62.3 Å². The summed E-state index contributed by atoms with van der Waals surface area (Å²) in [6.07, 6.45) is 1.66. The molecule has 0 aliphatic carbocycles. The number of aromatic nitrogens is 1. The Bertz CT molecular complexity index is 648. The van der Waals surface area contributed by atoms with Gasteiger partial charge in [0.1, 0.15) is 0 Å². The van der Waals surface area contributed by atoms with Crippen LogP contribution in [0.2, 0.25) is 0 Å². The largest absolute Gasteiger partial charge is 0.280 e. The Hall–Kier alpha value is -1.76. The van der Waals surface area contributed by atoms with Gasteiger partial charge in [0.25, 0.3) is 10.2 Å². The number of hydrogen-bond acceptors (Lipinski definition) is 3. The fraction of sp³-hybridized carbons (Fsp3) is 0.312. The molecule has 6 heteroatoms. The molecule has 0 aliphatic heterocycles. The Kier molecular flexibility index (Phi) is 5.28. The van der Waals surface area contributed by atoms with E-state index in [1.54, 1.807) is 19.3 Å². The highest BCUT2D eigenvalue weighted by Gasteiger charge is 2.26. The number of pyridine rings is 1. The van der Waals surface area contributed by atoms with E-state index in [1.165, 1.54) is 4.31 Å². The molecule has 2 rings (SSSR count). The molecule has 1 heterocycles. The van der Waals surface area contributed by atoms with Crippen LogP contribution in [0, 0.1) is 0 Å². The van der Waals surface area contributed by atoms with Gasteiger partial charge in [-0.15, -0.1) is 0 Å². The molecule has 1 N–H and O–H groups in total. The first-order valence-corrected chi connectivity index (χ1v) is 8.57. The van der Waals surface area contributed by atoms with E-state index >= 15 is 0 Å². The van der Waals surface area contributed by atoms with Crippen molar-refractivity contribution in [1.82, 2.24) is 14.0 Å². The summed E-state index contributed by atoms with van der Waals surface area (Å²) in [6.45, 7) is 3.66. The predicted octanol–water partition coefficient (Wildman–Crippen LogP) is 2.35. The Morgan fingerprint density at radius 1 is 1.05 bits per heavy atom. The van der Waals surface area contributed by atoms with Gasteiger partial charge in [0.2, 0.25) is 0 Å². The van der Waals surface area contributed by atoms with Crippen LogP contribution in [-0.4, -0.2) is 30.8 Å². The maximum absolute atomic E-state index is 12.5. The van der Waals surface area contributed by atoms with E-state index in [-0.39, 0.29) is 6.04 Å². The van der Waals surface area contributed by atoms with Crippen LogP contribution in [0.1, 0.15) is 31.1 Å². The van der Waals surface area contributed by atoms with Gasteiger partial charge in [-0.25, -0.2) is 0 Å². The third-order valence-corrected chi connectivity index (χ3v) is 5.20. The van der Waals surface area contributed by atoms with Crippen LogP contribution in [0.25, 0.3) is 0 Å². The summed E-state index contributed by atoms with van der Waals surface area (Å²) < 4.78 is 29.1. The molecule has 0 spiro atoms. The quantitative estimate of drug-likeness (QED) is 0.889. The van der Waals surface area contributed by atoms with Gasteiger partial charge >= 0.3 is 0 Å². The van der Waals surface area contributed by atoms with E-state index in [0.29, 0.717) is 5.69 Å². The van der Waals surface area contributed by atoms with Crippen LogP contribution < -0.4 is 4.72 Å². The molecule has 1 aromatic heterocycles. The molecule has 1 aromatic carbocycles. The predicted molar refractivity (Wildman–Crippen MR) is 87.5 cm³/mol. The van der Waals surface area contributed by atoms with Crippen molar-refractivity contribution in [3.63, 3.8) is 0 Å². The van der Waals surface area contributed by atoms with E-state index in [2.05, 4.69) is 9.71 Å². The second-order valence-corrected chi connectivity index (χ2v) is 7.09. The first-order chi connectivity index (χ1) is 10.4. The summed E-state index contributed by atoms with van der Waals surface area (Å²) in [5.41, 5.74) is 1.51. The van der Waals surface area contributed by atoms with E-state index < -0.39 is 16.3 Å². The zero-order valence-corrected chi connectivity index (χ0v) is 13.8. The minimum absolute atomic E-state index is 0.127. The lowest BCUT2D eigenvalue weighted by atomic mass is 10.0. The van der Waals surface area contributed by atoms with Crippen molar-refractivity contribution in [2.75, 3.05) is 7.05 Å². The molecule has 0 saturated carbocycles. The number of nitrogens with zero attached hydrogens (tertiary/aromatic N) is 2. The molecule has 0 bridgehead atoms. The van der Waals surface area contributed by atoms with Crippen molar-refractivity contribution in [2.24, 2.45) is 0 Å². The molecule has 0 fully saturated rings. The summed E-state index contributed by atoms with van der Waals surface area (Å²) >= 11 is 0. The lowest BCUT2D eigenvalue weighted by Gasteiger charge is -2.25. The number of rotatable bonds is 6. The molecule has 0 radical (unpaired) electrons. The van der Waals surface area contributed by atoms with Crippen LogP contribution in [0.3, 0.4) is 0 Å². The smallest absolute Gasteiger partial charge is 0.259 e. The summed E-state index contributed by atoms with van der Waals surface area (Å²) in [5.74, 6) is 0. The molecule has 0 aliphatic rings. The zero-order valence-electron chi connectivity index (χ0n) is 13.0. The van der Waals surface area contributed by atoms with Gasteiger partial charge in [-0.1, -0.05) is 36.4 Å². The second-order valence-electron chi connectivity index (χ2n) is 5.33. The maximum atomic E-state index is 12.5. The lowest BCUT2D eigenvalue weighted by Crippen LogP contribution is -2.43. The second kappa shape index (κ2) is 7.00. The van der Waals surface area contributed by atoms with Crippen molar-refractivity contribution in [3.8, 4) is 0 Å². The van der Waals surface area contributed by atoms with E-state index in [0.717, 1.165) is 5.56 Å². The van der Waals surface area contributed by atoms with Gasteiger partial charge in [0.05, 0.1) is 11.7 Å². The Morgan fingerprint density at radius 2 is 1.68 bits per heavy atom. The molecule has 0 saturated heterocycles. The highest BCUT2D eigenvalue weighted by Crippen LogP contribution is 2.21. The maximum Gasteiger partial charge on any atom is 0.280 e. The van der Waals surface area contributed by atoms with Crippen molar-refractivity contribution < 1.29 is 8.42 Å². The first kappa shape index (κ1) is 16.6. The van der Waals surface area contributed by atoms with Crippen LogP contribution >= 0.6 is 0 Å². The van der Waals surface area contributed by atoms with Crippen LogP contribution in [0.15, 0.2) is 54.7 Å². The molecule has 118 valence electrons. The standard InChI is InChI=1S/C16H21N3O2S/c1-13(2)19(3)22(20,21)18-16(14-9-5-4-6-10-14)15-11-7-8-12-17-15/h4-13,16,18H,1-3H3. The van der Waals surface area contributed by atoms with Crippen molar-refractivity contribution in [1.29, 1.82) is 0 Å². The molecular formula is C16H21N3O2S. The third-order valence-electron chi connectivity index (χ3n) is 3.49. The molecule has 1 atom stereocenters. The van der Waals surface area contributed by atoms with Gasteiger partial charge in [0, 0.05) is 19.3 Å². The molecule has 2 aromatic rings.